The van der Waals surface area contributed by atoms with Crippen LogP contribution in [-0.2, 0) is 0 Å². The predicted molar refractivity (Wildman–Crippen MR) is 81.2 cm³/mol. The average Bonchev–Trinajstić information content (AvgIpc) is 2.41. The molecule has 0 spiro atoms. The molecule has 2 rings (SSSR count). The maximum absolute atomic E-state index is 10.5. The van der Waals surface area contributed by atoms with Crippen molar-refractivity contribution >= 4 is 39.1 Å². The molecule has 0 aliphatic carbocycles. The lowest BCUT2D eigenvalue weighted by Gasteiger charge is -2.17. The lowest BCUT2D eigenvalue weighted by atomic mass is 10.0. The van der Waals surface area contributed by atoms with Gasteiger partial charge in [0.05, 0.1) is 12.1 Å². The third-order valence-corrected chi connectivity index (χ3v) is 4.31. The predicted octanol–water partition coefficient (Wildman–Crippen LogP) is 4.85. The topological polar surface area (TPSA) is 29.5 Å². The molecule has 0 aliphatic heterocycles. The van der Waals surface area contributed by atoms with Crippen molar-refractivity contribution in [3.8, 4) is 5.75 Å². The van der Waals surface area contributed by atoms with Crippen molar-refractivity contribution in [1.82, 2.24) is 0 Å². The van der Waals surface area contributed by atoms with Crippen LogP contribution in [0.4, 0.5) is 0 Å². The fourth-order valence-electron chi connectivity index (χ4n) is 1.82. The fraction of sp³-hybridized carbons (Fsp3) is 0.143. The zero-order chi connectivity index (χ0) is 14.0. The Bertz CT molecular complexity index is 602. The maximum atomic E-state index is 10.5. The third-order valence-electron chi connectivity index (χ3n) is 2.76. The van der Waals surface area contributed by atoms with Gasteiger partial charge in [-0.25, -0.2) is 0 Å². The molecule has 0 saturated carbocycles. The van der Waals surface area contributed by atoms with E-state index in [1.54, 1.807) is 31.4 Å². The minimum absolute atomic E-state index is 0.469. The van der Waals surface area contributed by atoms with Crippen molar-refractivity contribution in [1.29, 1.82) is 0 Å². The highest BCUT2D eigenvalue weighted by Gasteiger charge is 2.19. The van der Waals surface area contributed by atoms with Gasteiger partial charge in [-0.05, 0) is 40.2 Å². The van der Waals surface area contributed by atoms with Gasteiger partial charge in [0.1, 0.15) is 11.9 Å². The summed E-state index contributed by atoms with van der Waals surface area (Å²) in [5.41, 5.74) is 1.17. The van der Waals surface area contributed by atoms with Crippen LogP contribution in [0.5, 0.6) is 5.75 Å². The summed E-state index contributed by atoms with van der Waals surface area (Å²) in [4.78, 5) is 0. The zero-order valence-corrected chi connectivity index (χ0v) is 13.1. The molecule has 100 valence electrons. The maximum Gasteiger partial charge on any atom is 0.125 e. The summed E-state index contributed by atoms with van der Waals surface area (Å²) in [7, 11) is 1.54. The number of halogens is 3. The van der Waals surface area contributed by atoms with Gasteiger partial charge in [-0.2, -0.15) is 0 Å². The van der Waals surface area contributed by atoms with Crippen LogP contribution in [0.2, 0.25) is 10.0 Å². The van der Waals surface area contributed by atoms with Crippen LogP contribution in [0.3, 0.4) is 0 Å². The van der Waals surface area contributed by atoms with Crippen LogP contribution in [0, 0.1) is 0 Å². The van der Waals surface area contributed by atoms with Gasteiger partial charge in [0, 0.05) is 20.6 Å². The Balaban J connectivity index is 2.52. The Kier molecular flexibility index (Phi) is 4.74. The van der Waals surface area contributed by atoms with Crippen LogP contribution in [0.1, 0.15) is 17.2 Å². The second-order valence-corrected chi connectivity index (χ2v) is 5.60. The number of hydrogen-bond acceptors (Lipinski definition) is 2. The lowest BCUT2D eigenvalue weighted by molar-refractivity contribution is 0.215. The van der Waals surface area contributed by atoms with E-state index in [0.29, 0.717) is 26.9 Å². The molecule has 2 nitrogen and oxygen atoms in total. The molecule has 0 aromatic heterocycles. The van der Waals surface area contributed by atoms with Crippen LogP contribution >= 0.6 is 39.1 Å². The first-order valence-electron chi connectivity index (χ1n) is 5.50. The number of aliphatic hydroxyl groups excluding tert-OH is 1. The van der Waals surface area contributed by atoms with E-state index in [9.17, 15) is 5.11 Å². The Morgan fingerprint density at radius 2 is 1.89 bits per heavy atom. The van der Waals surface area contributed by atoms with Gasteiger partial charge in [-0.1, -0.05) is 35.3 Å². The molecule has 0 aliphatic rings. The highest BCUT2D eigenvalue weighted by molar-refractivity contribution is 9.10. The van der Waals surface area contributed by atoms with Gasteiger partial charge in [-0.3, -0.25) is 0 Å². The Morgan fingerprint density at radius 3 is 2.58 bits per heavy atom. The highest BCUT2D eigenvalue weighted by Crippen LogP contribution is 2.37. The molecule has 19 heavy (non-hydrogen) atoms. The molecule has 1 atom stereocenters. The molecular formula is C14H11BrCl2O2. The smallest absolute Gasteiger partial charge is 0.125 e. The van der Waals surface area contributed by atoms with E-state index >= 15 is 0 Å². The van der Waals surface area contributed by atoms with Gasteiger partial charge in [0.2, 0.25) is 0 Å². The summed E-state index contributed by atoms with van der Waals surface area (Å²) in [6.07, 6.45) is -0.904. The largest absolute Gasteiger partial charge is 0.496 e. The molecule has 2 aromatic carbocycles. The van der Waals surface area contributed by atoms with E-state index < -0.39 is 6.10 Å². The fourth-order valence-corrected chi connectivity index (χ4v) is 2.61. The molecule has 2 aromatic rings. The van der Waals surface area contributed by atoms with Crippen molar-refractivity contribution in [2.75, 3.05) is 7.11 Å². The summed E-state index contributed by atoms with van der Waals surface area (Å²) in [6, 6.07) is 10.5. The van der Waals surface area contributed by atoms with Gasteiger partial charge in [0.25, 0.3) is 0 Å². The van der Waals surface area contributed by atoms with Crippen molar-refractivity contribution in [3.63, 3.8) is 0 Å². The summed E-state index contributed by atoms with van der Waals surface area (Å²) in [6.45, 7) is 0. The first kappa shape index (κ1) is 14.7. The standard InChI is InChI=1S/C14H11BrCl2O2/c1-19-12-6-5-8(16)7-10(12)14(18)9-3-2-4-11(15)13(9)17/h2-7,14,18H,1H3. The Labute approximate surface area is 130 Å². The molecule has 1 N–H and O–H groups in total. The SMILES string of the molecule is COc1ccc(Cl)cc1C(O)c1cccc(Br)c1Cl. The summed E-state index contributed by atoms with van der Waals surface area (Å²) >= 11 is 15.5. The Morgan fingerprint density at radius 1 is 1.16 bits per heavy atom. The van der Waals surface area contributed by atoms with E-state index in [0.717, 1.165) is 4.47 Å². The second-order valence-electron chi connectivity index (χ2n) is 3.93. The molecule has 1 unspecified atom stereocenters. The van der Waals surface area contributed by atoms with Gasteiger partial charge >= 0.3 is 0 Å². The molecule has 5 heteroatoms. The minimum atomic E-state index is -0.904. The van der Waals surface area contributed by atoms with Gasteiger partial charge < -0.3 is 9.84 Å². The van der Waals surface area contributed by atoms with E-state index in [2.05, 4.69) is 15.9 Å². The summed E-state index contributed by atoms with van der Waals surface area (Å²) < 4.78 is 5.97. The van der Waals surface area contributed by atoms with Crippen LogP contribution < -0.4 is 4.74 Å². The molecule has 0 fully saturated rings. The third kappa shape index (κ3) is 3.06. The molecule has 0 heterocycles. The highest BCUT2D eigenvalue weighted by atomic mass is 79.9. The average molecular weight is 362 g/mol. The number of aliphatic hydroxyl groups is 1. The second kappa shape index (κ2) is 6.14. The van der Waals surface area contributed by atoms with Gasteiger partial charge in [-0.15, -0.1) is 0 Å². The number of ether oxygens (including phenoxy) is 1. The monoisotopic (exact) mass is 360 g/mol. The molecule has 0 amide bonds. The van der Waals surface area contributed by atoms with Crippen LogP contribution in [0.25, 0.3) is 0 Å². The zero-order valence-electron chi connectivity index (χ0n) is 10.0. The molecule has 0 bridgehead atoms. The quantitative estimate of drug-likeness (QED) is 0.846. The van der Waals surface area contributed by atoms with Crippen molar-refractivity contribution < 1.29 is 9.84 Å². The van der Waals surface area contributed by atoms with E-state index in [1.165, 1.54) is 0 Å². The van der Waals surface area contributed by atoms with E-state index in [4.69, 9.17) is 27.9 Å². The van der Waals surface area contributed by atoms with Crippen molar-refractivity contribution in [2.24, 2.45) is 0 Å². The normalized spacial score (nSPS) is 12.3. The minimum Gasteiger partial charge on any atom is -0.496 e. The number of hydrogen-bond donors (Lipinski definition) is 1. The van der Waals surface area contributed by atoms with E-state index in [-0.39, 0.29) is 0 Å². The van der Waals surface area contributed by atoms with Gasteiger partial charge in [0.15, 0.2) is 0 Å². The Hall–Kier alpha value is -0.740. The molecule has 0 saturated heterocycles. The lowest BCUT2D eigenvalue weighted by Crippen LogP contribution is -2.03. The molecular weight excluding hydrogens is 351 g/mol. The number of benzene rings is 2. The van der Waals surface area contributed by atoms with Crippen LogP contribution in [-0.4, -0.2) is 12.2 Å². The molecule has 0 radical (unpaired) electrons. The van der Waals surface area contributed by atoms with E-state index in [1.807, 2.05) is 12.1 Å². The first-order valence-corrected chi connectivity index (χ1v) is 7.05. The summed E-state index contributed by atoms with van der Waals surface area (Å²) in [5.74, 6) is 0.563. The van der Waals surface area contributed by atoms with Crippen LogP contribution in [0.15, 0.2) is 40.9 Å². The first-order chi connectivity index (χ1) is 9.04. The van der Waals surface area contributed by atoms with Crippen molar-refractivity contribution in [2.45, 2.75) is 6.10 Å². The number of rotatable bonds is 3. The van der Waals surface area contributed by atoms with Crippen molar-refractivity contribution in [3.05, 3.63) is 62.0 Å². The summed E-state index contributed by atoms with van der Waals surface area (Å²) in [5, 5.41) is 11.5. The number of methoxy groups -OCH3 is 1.